The summed E-state index contributed by atoms with van der Waals surface area (Å²) < 4.78 is 1.76. The van der Waals surface area contributed by atoms with Crippen LogP contribution in [0.25, 0.3) is 10.9 Å². The van der Waals surface area contributed by atoms with Crippen LogP contribution in [0.3, 0.4) is 0 Å². The minimum atomic E-state index is 0.00333. The molecule has 15 heavy (non-hydrogen) atoms. The molecule has 0 saturated heterocycles. The standard InChI is InChI=1S/C12H14N2O/c1-9(13-2)14-11-6-4-3-5-10(11)7-8-12(14)15/h3-9,13H,1-2H3. The van der Waals surface area contributed by atoms with Crippen molar-refractivity contribution in [1.82, 2.24) is 9.88 Å². The van der Waals surface area contributed by atoms with Crippen molar-refractivity contribution in [3.05, 3.63) is 46.8 Å². The van der Waals surface area contributed by atoms with E-state index in [2.05, 4.69) is 5.32 Å². The fraction of sp³-hybridized carbons (Fsp3) is 0.250. The van der Waals surface area contributed by atoms with Crippen molar-refractivity contribution in [2.24, 2.45) is 0 Å². The van der Waals surface area contributed by atoms with E-state index in [-0.39, 0.29) is 11.7 Å². The molecule has 0 radical (unpaired) electrons. The van der Waals surface area contributed by atoms with E-state index in [0.717, 1.165) is 10.9 Å². The Balaban J connectivity index is 2.80. The zero-order chi connectivity index (χ0) is 10.8. The van der Waals surface area contributed by atoms with Gasteiger partial charge in [-0.05, 0) is 31.5 Å². The molecule has 0 spiro atoms. The van der Waals surface area contributed by atoms with Crippen LogP contribution >= 0.6 is 0 Å². The predicted molar refractivity (Wildman–Crippen MR) is 62.0 cm³/mol. The van der Waals surface area contributed by atoms with Crippen LogP contribution in [0.1, 0.15) is 13.1 Å². The second-order valence-electron chi connectivity index (χ2n) is 3.57. The highest BCUT2D eigenvalue weighted by Crippen LogP contribution is 2.13. The van der Waals surface area contributed by atoms with Crippen LogP contribution in [-0.2, 0) is 0 Å². The van der Waals surface area contributed by atoms with E-state index in [9.17, 15) is 4.79 Å². The fourth-order valence-corrected chi connectivity index (χ4v) is 1.74. The van der Waals surface area contributed by atoms with Gasteiger partial charge in [-0.1, -0.05) is 18.2 Å². The summed E-state index contributed by atoms with van der Waals surface area (Å²) in [5, 5.41) is 4.16. The van der Waals surface area contributed by atoms with Crippen molar-refractivity contribution in [1.29, 1.82) is 0 Å². The summed E-state index contributed by atoms with van der Waals surface area (Å²) in [6, 6.07) is 11.4. The number of pyridine rings is 1. The molecule has 0 saturated carbocycles. The van der Waals surface area contributed by atoms with Gasteiger partial charge in [0.1, 0.15) is 0 Å². The number of hydrogen-bond donors (Lipinski definition) is 1. The van der Waals surface area contributed by atoms with E-state index >= 15 is 0 Å². The minimum absolute atomic E-state index is 0.00333. The number of aromatic nitrogens is 1. The maximum atomic E-state index is 11.8. The van der Waals surface area contributed by atoms with Crippen LogP contribution in [0.15, 0.2) is 41.2 Å². The average Bonchev–Trinajstić information content (AvgIpc) is 2.28. The maximum absolute atomic E-state index is 11.8. The Morgan fingerprint density at radius 3 is 2.67 bits per heavy atom. The van der Waals surface area contributed by atoms with Crippen LogP contribution in [0, 0.1) is 0 Å². The van der Waals surface area contributed by atoms with Gasteiger partial charge in [0.2, 0.25) is 0 Å². The van der Waals surface area contributed by atoms with Gasteiger partial charge >= 0.3 is 0 Å². The molecule has 2 rings (SSSR count). The molecule has 1 aromatic heterocycles. The van der Waals surface area contributed by atoms with Crippen LogP contribution in [0.4, 0.5) is 0 Å². The lowest BCUT2D eigenvalue weighted by Crippen LogP contribution is -2.30. The highest BCUT2D eigenvalue weighted by Gasteiger charge is 2.06. The number of nitrogens with zero attached hydrogens (tertiary/aromatic N) is 1. The molecule has 78 valence electrons. The molecule has 0 bridgehead atoms. The Morgan fingerprint density at radius 1 is 1.20 bits per heavy atom. The van der Waals surface area contributed by atoms with Crippen molar-refractivity contribution in [2.75, 3.05) is 7.05 Å². The number of nitrogens with one attached hydrogen (secondary N) is 1. The zero-order valence-electron chi connectivity index (χ0n) is 8.90. The molecule has 1 N–H and O–H groups in total. The molecule has 3 heteroatoms. The molecule has 0 aliphatic carbocycles. The first-order valence-electron chi connectivity index (χ1n) is 5.01. The van der Waals surface area contributed by atoms with Crippen LogP contribution < -0.4 is 10.9 Å². The lowest BCUT2D eigenvalue weighted by Gasteiger charge is -2.16. The smallest absolute Gasteiger partial charge is 0.252 e. The van der Waals surface area contributed by atoms with Crippen molar-refractivity contribution in [2.45, 2.75) is 13.1 Å². The Morgan fingerprint density at radius 2 is 1.93 bits per heavy atom. The lowest BCUT2D eigenvalue weighted by atomic mass is 10.2. The van der Waals surface area contributed by atoms with E-state index in [1.165, 1.54) is 0 Å². The van der Waals surface area contributed by atoms with Crippen molar-refractivity contribution < 1.29 is 0 Å². The monoisotopic (exact) mass is 202 g/mol. The maximum Gasteiger partial charge on any atom is 0.252 e. The molecule has 1 unspecified atom stereocenters. The Labute approximate surface area is 88.3 Å². The minimum Gasteiger partial charge on any atom is -0.300 e. The summed E-state index contributed by atoms with van der Waals surface area (Å²) in [6.07, 6.45) is 0.00333. The van der Waals surface area contributed by atoms with Crippen molar-refractivity contribution in [3.8, 4) is 0 Å². The summed E-state index contributed by atoms with van der Waals surface area (Å²) in [4.78, 5) is 11.8. The molecule has 0 aliphatic heterocycles. The molecular weight excluding hydrogens is 188 g/mol. The van der Waals surface area contributed by atoms with Gasteiger partial charge in [0.05, 0.1) is 11.7 Å². The first kappa shape index (κ1) is 9.93. The average molecular weight is 202 g/mol. The van der Waals surface area contributed by atoms with E-state index < -0.39 is 0 Å². The zero-order valence-corrected chi connectivity index (χ0v) is 8.90. The predicted octanol–water partition coefficient (Wildman–Crippen LogP) is 1.74. The summed E-state index contributed by atoms with van der Waals surface area (Å²) in [5.74, 6) is 0. The van der Waals surface area contributed by atoms with Gasteiger partial charge in [0, 0.05) is 6.07 Å². The summed E-state index contributed by atoms with van der Waals surface area (Å²) in [7, 11) is 1.85. The van der Waals surface area contributed by atoms with Gasteiger partial charge < -0.3 is 5.32 Å². The van der Waals surface area contributed by atoms with Gasteiger partial charge in [-0.2, -0.15) is 0 Å². The van der Waals surface area contributed by atoms with Crippen LogP contribution in [0.2, 0.25) is 0 Å². The van der Waals surface area contributed by atoms with E-state index in [0.29, 0.717) is 0 Å². The third-order valence-electron chi connectivity index (χ3n) is 2.64. The van der Waals surface area contributed by atoms with Gasteiger partial charge in [-0.3, -0.25) is 9.36 Å². The number of benzene rings is 1. The third-order valence-corrected chi connectivity index (χ3v) is 2.64. The molecule has 1 atom stereocenters. The lowest BCUT2D eigenvalue weighted by molar-refractivity contribution is 0.478. The third kappa shape index (κ3) is 1.66. The second-order valence-corrected chi connectivity index (χ2v) is 3.57. The topological polar surface area (TPSA) is 34.0 Å². The van der Waals surface area contributed by atoms with Gasteiger partial charge in [0.25, 0.3) is 5.56 Å². The van der Waals surface area contributed by atoms with Gasteiger partial charge in [-0.15, -0.1) is 0 Å². The normalized spacial score (nSPS) is 12.9. The molecule has 3 nitrogen and oxygen atoms in total. The second kappa shape index (κ2) is 3.87. The molecule has 0 aliphatic rings. The largest absolute Gasteiger partial charge is 0.300 e. The SMILES string of the molecule is CNC(C)n1c(=O)ccc2ccccc21. The first-order valence-corrected chi connectivity index (χ1v) is 5.01. The molecule has 0 amide bonds. The molecule has 1 heterocycles. The Kier molecular flexibility index (Phi) is 2.56. The molecule has 1 aromatic carbocycles. The quantitative estimate of drug-likeness (QED) is 0.804. The Hall–Kier alpha value is -1.61. The summed E-state index contributed by atoms with van der Waals surface area (Å²) in [6.45, 7) is 1.97. The van der Waals surface area contributed by atoms with Crippen molar-refractivity contribution in [3.63, 3.8) is 0 Å². The number of fused-ring (bicyclic) bond motifs is 1. The van der Waals surface area contributed by atoms with Crippen LogP contribution in [-0.4, -0.2) is 11.6 Å². The molecule has 0 fully saturated rings. The van der Waals surface area contributed by atoms with E-state index in [1.807, 2.05) is 44.3 Å². The van der Waals surface area contributed by atoms with Crippen LogP contribution in [0.5, 0.6) is 0 Å². The van der Waals surface area contributed by atoms with E-state index in [4.69, 9.17) is 0 Å². The summed E-state index contributed by atoms with van der Waals surface area (Å²) in [5.41, 5.74) is 0.988. The van der Waals surface area contributed by atoms with Gasteiger partial charge in [-0.25, -0.2) is 0 Å². The van der Waals surface area contributed by atoms with Crippen molar-refractivity contribution >= 4 is 10.9 Å². The Bertz CT molecular complexity index is 530. The number of hydrogen-bond acceptors (Lipinski definition) is 2. The molecule has 2 aromatic rings. The summed E-state index contributed by atoms with van der Waals surface area (Å²) >= 11 is 0. The van der Waals surface area contributed by atoms with E-state index in [1.54, 1.807) is 10.6 Å². The highest BCUT2D eigenvalue weighted by atomic mass is 16.1. The number of rotatable bonds is 2. The first-order chi connectivity index (χ1) is 7.24. The number of para-hydroxylation sites is 1. The highest BCUT2D eigenvalue weighted by molar-refractivity contribution is 5.78. The fourth-order valence-electron chi connectivity index (χ4n) is 1.74. The molecular formula is C12H14N2O. The van der Waals surface area contributed by atoms with Gasteiger partial charge in [0.15, 0.2) is 0 Å².